The Balaban J connectivity index is 2.08. The first-order valence-electron chi connectivity index (χ1n) is 11.5. The number of carbonyl (C=O) groups is 2. The fourth-order valence-corrected chi connectivity index (χ4v) is 5.73. The topological polar surface area (TPSA) is 86.8 Å². The summed E-state index contributed by atoms with van der Waals surface area (Å²) in [5.41, 5.74) is 0.563. The number of nitrogens with zero attached hydrogens (tertiary/aromatic N) is 2. The first-order valence-corrected chi connectivity index (χ1v) is 14.0. The Bertz CT molecular complexity index is 1420. The van der Waals surface area contributed by atoms with E-state index in [9.17, 15) is 22.4 Å². The Labute approximate surface area is 236 Å². The summed E-state index contributed by atoms with van der Waals surface area (Å²) in [7, 11) is -2.85. The molecule has 3 aromatic carbocycles. The smallest absolute Gasteiger partial charge is 0.264 e. The van der Waals surface area contributed by atoms with Gasteiger partial charge in [-0.15, -0.1) is 0 Å². The van der Waals surface area contributed by atoms with Gasteiger partial charge in [-0.05, 0) is 54.4 Å². The molecule has 0 bridgehead atoms. The van der Waals surface area contributed by atoms with Crippen molar-refractivity contribution in [2.45, 2.75) is 30.8 Å². The highest BCUT2D eigenvalue weighted by atomic mass is 35.5. The second-order valence-electron chi connectivity index (χ2n) is 8.23. The molecule has 1 atom stereocenters. The Morgan fingerprint density at radius 2 is 1.63 bits per heavy atom. The highest BCUT2D eigenvalue weighted by Crippen LogP contribution is 2.29. The van der Waals surface area contributed by atoms with Gasteiger partial charge in [0.25, 0.3) is 10.0 Å². The van der Waals surface area contributed by atoms with E-state index in [0.29, 0.717) is 10.6 Å². The quantitative estimate of drug-likeness (QED) is 0.331. The van der Waals surface area contributed by atoms with Crippen LogP contribution in [0.2, 0.25) is 15.1 Å². The van der Waals surface area contributed by atoms with Gasteiger partial charge in [0.2, 0.25) is 11.8 Å². The van der Waals surface area contributed by atoms with E-state index in [2.05, 4.69) is 5.32 Å². The molecule has 3 rings (SSSR count). The molecule has 0 fully saturated rings. The Kier molecular flexibility index (Phi) is 10.0. The zero-order valence-electron chi connectivity index (χ0n) is 20.5. The molecule has 0 aromatic heterocycles. The van der Waals surface area contributed by atoms with Gasteiger partial charge < -0.3 is 10.2 Å². The van der Waals surface area contributed by atoms with Gasteiger partial charge in [-0.2, -0.15) is 0 Å². The van der Waals surface area contributed by atoms with Crippen LogP contribution in [0.15, 0.2) is 71.6 Å². The maximum absolute atomic E-state index is 13.9. The Morgan fingerprint density at radius 1 is 0.947 bits per heavy atom. The van der Waals surface area contributed by atoms with Crippen molar-refractivity contribution in [3.8, 4) is 0 Å². The molecule has 12 heteroatoms. The van der Waals surface area contributed by atoms with E-state index in [-0.39, 0.29) is 33.6 Å². The first kappa shape index (κ1) is 29.7. The summed E-state index contributed by atoms with van der Waals surface area (Å²) in [5, 5.41) is 2.81. The molecule has 7 nitrogen and oxygen atoms in total. The predicted octanol–water partition coefficient (Wildman–Crippen LogP) is 5.53. The van der Waals surface area contributed by atoms with E-state index in [4.69, 9.17) is 34.8 Å². The Hall–Kier alpha value is -2.85. The molecule has 2 amide bonds. The monoisotopic (exact) mass is 599 g/mol. The number of sulfonamides is 1. The minimum absolute atomic E-state index is 0.0175. The maximum Gasteiger partial charge on any atom is 0.264 e. The van der Waals surface area contributed by atoms with Crippen LogP contribution in [0, 0.1) is 5.82 Å². The van der Waals surface area contributed by atoms with Crippen LogP contribution in [0.1, 0.15) is 18.9 Å². The van der Waals surface area contributed by atoms with Crippen molar-refractivity contribution >= 4 is 62.3 Å². The van der Waals surface area contributed by atoms with Gasteiger partial charge in [-0.25, -0.2) is 12.8 Å². The van der Waals surface area contributed by atoms with Gasteiger partial charge in [0.15, 0.2) is 0 Å². The van der Waals surface area contributed by atoms with Gasteiger partial charge >= 0.3 is 0 Å². The van der Waals surface area contributed by atoms with Gasteiger partial charge in [-0.3, -0.25) is 13.9 Å². The standard InChI is InChI=1S/C26H25Cl3FN3O4S/c1-3-24(26(35)31-2)32(15-17-9-11-20(27)21(28)13-17)25(34)16-33(18-10-12-23(30)22(29)14-18)38(36,37)19-7-5-4-6-8-19/h4-14,24H,3,15-16H2,1-2H3,(H,31,35)/t24-/m0/s1. The predicted molar refractivity (Wildman–Crippen MR) is 148 cm³/mol. The summed E-state index contributed by atoms with van der Waals surface area (Å²) in [6.45, 7) is 0.992. The maximum atomic E-state index is 13.9. The van der Waals surface area contributed by atoms with Crippen LogP contribution < -0.4 is 9.62 Å². The normalized spacial score (nSPS) is 12.1. The number of amides is 2. The summed E-state index contributed by atoms with van der Waals surface area (Å²) in [6, 6.07) is 14.7. The molecule has 0 aliphatic heterocycles. The third-order valence-electron chi connectivity index (χ3n) is 5.77. The fourth-order valence-electron chi connectivity index (χ4n) is 3.81. The van der Waals surface area contributed by atoms with Gasteiger partial charge in [0, 0.05) is 13.6 Å². The molecule has 202 valence electrons. The Morgan fingerprint density at radius 3 is 2.21 bits per heavy atom. The van der Waals surface area contributed by atoms with Crippen LogP contribution in [0.5, 0.6) is 0 Å². The highest BCUT2D eigenvalue weighted by Gasteiger charge is 2.33. The van der Waals surface area contributed by atoms with Crippen LogP contribution in [-0.2, 0) is 26.2 Å². The van der Waals surface area contributed by atoms with Gasteiger partial charge in [0.05, 0.1) is 25.7 Å². The number of hydrogen-bond donors (Lipinski definition) is 1. The van der Waals surface area contributed by atoms with Crippen molar-refractivity contribution in [3.63, 3.8) is 0 Å². The molecule has 0 unspecified atom stereocenters. The molecule has 3 aromatic rings. The van der Waals surface area contributed by atoms with E-state index in [0.717, 1.165) is 16.4 Å². The highest BCUT2D eigenvalue weighted by molar-refractivity contribution is 7.92. The zero-order valence-corrected chi connectivity index (χ0v) is 23.6. The summed E-state index contributed by atoms with van der Waals surface area (Å²) < 4.78 is 42.1. The van der Waals surface area contributed by atoms with Crippen LogP contribution in [0.4, 0.5) is 10.1 Å². The molecule has 0 saturated heterocycles. The van der Waals surface area contributed by atoms with Crippen molar-refractivity contribution in [1.29, 1.82) is 0 Å². The van der Waals surface area contributed by atoms with Crippen LogP contribution in [0.3, 0.4) is 0 Å². The summed E-state index contributed by atoms with van der Waals surface area (Å²) in [4.78, 5) is 27.7. The number of halogens is 4. The third-order valence-corrected chi connectivity index (χ3v) is 8.59. The molecule has 0 heterocycles. The van der Waals surface area contributed by atoms with Gasteiger partial charge in [0.1, 0.15) is 18.4 Å². The summed E-state index contributed by atoms with van der Waals surface area (Å²) in [6.07, 6.45) is 0.251. The van der Waals surface area contributed by atoms with Crippen molar-refractivity contribution in [3.05, 3.63) is 93.2 Å². The molecule has 0 spiro atoms. The fraction of sp³-hybridized carbons (Fsp3) is 0.231. The average Bonchev–Trinajstić information content (AvgIpc) is 2.90. The lowest BCUT2D eigenvalue weighted by atomic mass is 10.1. The largest absolute Gasteiger partial charge is 0.357 e. The number of carbonyl (C=O) groups excluding carboxylic acids is 2. The number of anilines is 1. The number of rotatable bonds is 10. The molecule has 0 aliphatic carbocycles. The molecule has 38 heavy (non-hydrogen) atoms. The first-order chi connectivity index (χ1) is 18.0. The second-order valence-corrected chi connectivity index (χ2v) is 11.3. The van der Waals surface area contributed by atoms with E-state index in [1.54, 1.807) is 43.3 Å². The third kappa shape index (κ3) is 6.77. The average molecular weight is 601 g/mol. The number of likely N-dealkylation sites (N-methyl/N-ethyl adjacent to an activating group) is 1. The molecular formula is C26H25Cl3FN3O4S. The van der Waals surface area contributed by atoms with E-state index < -0.39 is 40.2 Å². The number of hydrogen-bond acceptors (Lipinski definition) is 4. The molecule has 0 radical (unpaired) electrons. The minimum atomic E-state index is -4.29. The molecule has 0 aliphatic rings. The zero-order chi connectivity index (χ0) is 28.0. The lowest BCUT2D eigenvalue weighted by Crippen LogP contribution is -2.51. The molecular weight excluding hydrogens is 576 g/mol. The summed E-state index contributed by atoms with van der Waals surface area (Å²) in [5.74, 6) is -1.85. The van der Waals surface area contributed by atoms with Crippen molar-refractivity contribution in [2.75, 3.05) is 17.9 Å². The molecule has 0 saturated carbocycles. The SMILES string of the molecule is CC[C@@H](C(=O)NC)N(Cc1ccc(Cl)c(Cl)c1)C(=O)CN(c1ccc(F)c(Cl)c1)S(=O)(=O)c1ccccc1. The summed E-state index contributed by atoms with van der Waals surface area (Å²) >= 11 is 18.1. The number of benzene rings is 3. The van der Waals surface area contributed by atoms with Gasteiger partial charge in [-0.1, -0.05) is 66.0 Å². The van der Waals surface area contributed by atoms with Crippen molar-refractivity contribution in [1.82, 2.24) is 10.2 Å². The van der Waals surface area contributed by atoms with E-state index in [1.807, 2.05) is 0 Å². The number of nitrogens with one attached hydrogen (secondary N) is 1. The molecule has 1 N–H and O–H groups in total. The second kappa shape index (κ2) is 12.8. The van der Waals surface area contributed by atoms with E-state index >= 15 is 0 Å². The van der Waals surface area contributed by atoms with Crippen LogP contribution >= 0.6 is 34.8 Å². The minimum Gasteiger partial charge on any atom is -0.357 e. The van der Waals surface area contributed by atoms with E-state index in [1.165, 1.54) is 30.1 Å². The lowest BCUT2D eigenvalue weighted by Gasteiger charge is -2.33. The van der Waals surface area contributed by atoms with Crippen LogP contribution in [-0.4, -0.2) is 44.8 Å². The van der Waals surface area contributed by atoms with Crippen molar-refractivity contribution < 1.29 is 22.4 Å². The van der Waals surface area contributed by atoms with Crippen molar-refractivity contribution in [2.24, 2.45) is 0 Å². The van der Waals surface area contributed by atoms with Crippen LogP contribution in [0.25, 0.3) is 0 Å². The lowest BCUT2D eigenvalue weighted by molar-refractivity contribution is -0.140.